The second-order valence-electron chi connectivity index (χ2n) is 5.74. The van der Waals surface area contributed by atoms with Crippen molar-refractivity contribution in [2.24, 2.45) is 0 Å². The molecule has 6 heteroatoms. The van der Waals surface area contributed by atoms with Crippen LogP contribution in [-0.2, 0) is 11.3 Å². The number of hydrogen-bond acceptors (Lipinski definition) is 4. The standard InChI is InChI=1S/C18H19N3O2S/c1-12-13(2)24-17-16(12)18(23)21(11-19-17)10-9-15(22)20(3)14-7-5-4-6-8-14/h4-8,11H,9-10H2,1-3H3. The number of thiophene rings is 1. The predicted molar refractivity (Wildman–Crippen MR) is 97.8 cm³/mol. The van der Waals surface area contributed by atoms with Crippen LogP contribution in [0.15, 0.2) is 41.5 Å². The summed E-state index contributed by atoms with van der Waals surface area (Å²) >= 11 is 1.53. The van der Waals surface area contributed by atoms with Crippen LogP contribution in [0.3, 0.4) is 0 Å². The van der Waals surface area contributed by atoms with Crippen LogP contribution in [0.2, 0.25) is 0 Å². The highest BCUT2D eigenvalue weighted by Gasteiger charge is 2.14. The number of nitrogens with zero attached hydrogens (tertiary/aromatic N) is 3. The quantitative estimate of drug-likeness (QED) is 0.732. The Kier molecular flexibility index (Phi) is 4.49. The Morgan fingerprint density at radius 1 is 1.25 bits per heavy atom. The van der Waals surface area contributed by atoms with Crippen molar-refractivity contribution in [1.82, 2.24) is 9.55 Å². The Morgan fingerprint density at radius 3 is 2.67 bits per heavy atom. The zero-order valence-electron chi connectivity index (χ0n) is 13.9. The molecule has 3 rings (SSSR count). The topological polar surface area (TPSA) is 55.2 Å². The molecule has 0 saturated heterocycles. The maximum Gasteiger partial charge on any atom is 0.262 e. The average molecular weight is 341 g/mol. The smallest absolute Gasteiger partial charge is 0.262 e. The molecule has 0 spiro atoms. The molecule has 2 heterocycles. The van der Waals surface area contributed by atoms with Crippen molar-refractivity contribution in [3.63, 3.8) is 0 Å². The van der Waals surface area contributed by atoms with E-state index >= 15 is 0 Å². The summed E-state index contributed by atoms with van der Waals surface area (Å²) in [5.74, 6) is -0.0357. The fourth-order valence-electron chi connectivity index (χ4n) is 2.61. The molecule has 0 N–H and O–H groups in total. The minimum atomic E-state index is -0.0722. The number of carbonyl (C=O) groups excluding carboxylic acids is 1. The molecule has 0 unspecified atom stereocenters. The van der Waals surface area contributed by atoms with Gasteiger partial charge in [0.15, 0.2) is 0 Å². The number of benzene rings is 1. The van der Waals surface area contributed by atoms with Crippen molar-refractivity contribution in [2.45, 2.75) is 26.8 Å². The van der Waals surface area contributed by atoms with E-state index in [1.54, 1.807) is 11.9 Å². The zero-order valence-corrected chi connectivity index (χ0v) is 14.8. The number of aryl methyl sites for hydroxylation is 3. The highest BCUT2D eigenvalue weighted by Crippen LogP contribution is 2.25. The monoisotopic (exact) mass is 341 g/mol. The van der Waals surface area contributed by atoms with Crippen LogP contribution in [0.25, 0.3) is 10.2 Å². The molecular formula is C18H19N3O2S. The Balaban J connectivity index is 1.78. The summed E-state index contributed by atoms with van der Waals surface area (Å²) in [6, 6.07) is 9.46. The number of aromatic nitrogens is 2. The minimum Gasteiger partial charge on any atom is -0.315 e. The Labute approximate surface area is 144 Å². The molecule has 5 nitrogen and oxygen atoms in total. The number of rotatable bonds is 4. The number of carbonyl (C=O) groups is 1. The molecule has 0 aliphatic heterocycles. The molecule has 1 aromatic carbocycles. The largest absolute Gasteiger partial charge is 0.315 e. The summed E-state index contributed by atoms with van der Waals surface area (Å²) in [6.07, 6.45) is 1.79. The van der Waals surface area contributed by atoms with Crippen LogP contribution in [-0.4, -0.2) is 22.5 Å². The summed E-state index contributed by atoms with van der Waals surface area (Å²) in [5.41, 5.74) is 1.75. The molecule has 0 saturated carbocycles. The van der Waals surface area contributed by atoms with Crippen LogP contribution in [0.4, 0.5) is 5.69 Å². The van der Waals surface area contributed by atoms with E-state index in [1.165, 1.54) is 22.2 Å². The van der Waals surface area contributed by atoms with E-state index in [0.29, 0.717) is 11.9 Å². The van der Waals surface area contributed by atoms with Gasteiger partial charge in [0.2, 0.25) is 5.91 Å². The first kappa shape index (κ1) is 16.4. The predicted octanol–water partition coefficient (Wildman–Crippen LogP) is 3.13. The first-order chi connectivity index (χ1) is 11.5. The van der Waals surface area contributed by atoms with Gasteiger partial charge in [-0.25, -0.2) is 4.98 Å². The van der Waals surface area contributed by atoms with Crippen molar-refractivity contribution in [1.29, 1.82) is 0 Å². The second-order valence-corrected chi connectivity index (χ2v) is 6.95. The number of hydrogen-bond donors (Lipinski definition) is 0. The summed E-state index contributed by atoms with van der Waals surface area (Å²) in [5, 5.41) is 0.670. The molecule has 0 bridgehead atoms. The van der Waals surface area contributed by atoms with Crippen molar-refractivity contribution < 1.29 is 4.79 Å². The Bertz CT molecular complexity index is 944. The lowest BCUT2D eigenvalue weighted by atomic mass is 10.2. The summed E-state index contributed by atoms with van der Waals surface area (Å²) < 4.78 is 1.53. The lowest BCUT2D eigenvalue weighted by molar-refractivity contribution is -0.118. The third-order valence-corrected chi connectivity index (χ3v) is 5.36. The molecule has 0 aliphatic carbocycles. The number of para-hydroxylation sites is 1. The maximum absolute atomic E-state index is 12.6. The average Bonchev–Trinajstić information content (AvgIpc) is 2.89. The third-order valence-electron chi connectivity index (χ3n) is 4.24. The van der Waals surface area contributed by atoms with Crippen molar-refractivity contribution >= 4 is 33.1 Å². The molecule has 3 aromatic rings. The first-order valence-electron chi connectivity index (χ1n) is 7.75. The van der Waals surface area contributed by atoms with Gasteiger partial charge in [-0.1, -0.05) is 18.2 Å². The van der Waals surface area contributed by atoms with E-state index in [0.717, 1.165) is 21.0 Å². The van der Waals surface area contributed by atoms with Gasteiger partial charge in [-0.3, -0.25) is 14.2 Å². The zero-order chi connectivity index (χ0) is 17.3. The van der Waals surface area contributed by atoms with E-state index in [9.17, 15) is 9.59 Å². The van der Waals surface area contributed by atoms with Crippen molar-refractivity contribution in [3.05, 3.63) is 57.5 Å². The van der Waals surface area contributed by atoms with Crippen LogP contribution in [0.5, 0.6) is 0 Å². The highest BCUT2D eigenvalue weighted by molar-refractivity contribution is 7.18. The van der Waals surface area contributed by atoms with E-state index < -0.39 is 0 Å². The molecule has 0 fully saturated rings. The summed E-state index contributed by atoms with van der Waals surface area (Å²) in [7, 11) is 1.74. The molecular weight excluding hydrogens is 322 g/mol. The molecule has 0 radical (unpaired) electrons. The van der Waals surface area contributed by atoms with Crippen LogP contribution < -0.4 is 10.5 Å². The van der Waals surface area contributed by atoms with Gasteiger partial charge in [-0.15, -0.1) is 11.3 Å². The molecule has 124 valence electrons. The van der Waals surface area contributed by atoms with Gasteiger partial charge in [-0.05, 0) is 31.5 Å². The van der Waals surface area contributed by atoms with Crippen molar-refractivity contribution in [2.75, 3.05) is 11.9 Å². The minimum absolute atomic E-state index is 0.0357. The van der Waals surface area contributed by atoms with Crippen LogP contribution in [0.1, 0.15) is 16.9 Å². The summed E-state index contributed by atoms with van der Waals surface area (Å²) in [4.78, 5) is 32.8. The second kappa shape index (κ2) is 6.57. The maximum atomic E-state index is 12.6. The van der Waals surface area contributed by atoms with E-state index in [4.69, 9.17) is 0 Å². The van der Waals surface area contributed by atoms with E-state index in [-0.39, 0.29) is 17.9 Å². The summed E-state index contributed by atoms with van der Waals surface area (Å²) in [6.45, 7) is 4.26. The lowest BCUT2D eigenvalue weighted by Crippen LogP contribution is -2.29. The lowest BCUT2D eigenvalue weighted by Gasteiger charge is -2.17. The number of fused-ring (bicyclic) bond motifs is 1. The fourth-order valence-corrected chi connectivity index (χ4v) is 3.60. The van der Waals surface area contributed by atoms with E-state index in [2.05, 4.69) is 4.98 Å². The Morgan fingerprint density at radius 2 is 1.96 bits per heavy atom. The highest BCUT2D eigenvalue weighted by atomic mass is 32.1. The molecule has 0 atom stereocenters. The van der Waals surface area contributed by atoms with Gasteiger partial charge in [-0.2, -0.15) is 0 Å². The van der Waals surface area contributed by atoms with Gasteiger partial charge >= 0.3 is 0 Å². The first-order valence-corrected chi connectivity index (χ1v) is 8.57. The van der Waals surface area contributed by atoms with Gasteiger partial charge in [0.1, 0.15) is 4.83 Å². The molecule has 0 aliphatic rings. The third kappa shape index (κ3) is 2.97. The molecule has 24 heavy (non-hydrogen) atoms. The van der Waals surface area contributed by atoms with E-state index in [1.807, 2.05) is 44.2 Å². The van der Waals surface area contributed by atoms with Crippen molar-refractivity contribution in [3.8, 4) is 0 Å². The fraction of sp³-hybridized carbons (Fsp3) is 0.278. The molecule has 1 amide bonds. The van der Waals surface area contributed by atoms with Crippen LogP contribution in [0, 0.1) is 13.8 Å². The van der Waals surface area contributed by atoms with Crippen LogP contribution >= 0.6 is 11.3 Å². The number of amides is 1. The molecule has 2 aromatic heterocycles. The van der Waals surface area contributed by atoms with Gasteiger partial charge in [0.05, 0.1) is 11.7 Å². The van der Waals surface area contributed by atoms with Gasteiger partial charge < -0.3 is 4.90 Å². The van der Waals surface area contributed by atoms with Gasteiger partial charge in [0.25, 0.3) is 5.56 Å². The Hall–Kier alpha value is -2.47. The van der Waals surface area contributed by atoms with Gasteiger partial charge in [0, 0.05) is 30.6 Å². The normalized spacial score (nSPS) is 11.0. The SMILES string of the molecule is Cc1sc2ncn(CCC(=O)N(C)c3ccccc3)c(=O)c2c1C. The number of anilines is 1.